The van der Waals surface area contributed by atoms with Gasteiger partial charge in [-0.25, -0.2) is 10.2 Å². The molecule has 0 atom stereocenters. The molecule has 5 rings (SSSR count). The van der Waals surface area contributed by atoms with Crippen molar-refractivity contribution in [2.24, 2.45) is 5.10 Å². The number of nitrogens with one attached hydrogen (secondary N) is 2. The first-order valence-electron chi connectivity index (χ1n) is 13.1. The molecule has 2 aromatic carbocycles. The first-order valence-corrected chi connectivity index (χ1v) is 13.1. The van der Waals surface area contributed by atoms with Gasteiger partial charge < -0.3 is 19.2 Å². The van der Waals surface area contributed by atoms with Gasteiger partial charge in [0.15, 0.2) is 0 Å². The van der Waals surface area contributed by atoms with E-state index in [-0.39, 0.29) is 11.6 Å². The Labute approximate surface area is 211 Å². The van der Waals surface area contributed by atoms with E-state index in [1.54, 1.807) is 7.11 Å². The number of aryl methyl sites for hydroxylation is 2. The Kier molecular flexibility index (Phi) is 7.16. The standard InChI is InChI=1S/C29H35N3O4/c1-3-21-18-27(31-32-28(33)30-16-12-20-7-9-23(34-2)10-8-20)35-26-19-25-22(17-24(21)26)11-15-29(36-25)13-5-4-6-14-29/h7-10,17-19H,3-6,11-16H2,1-2H3,(H2,30,32,33)/b31-27-. The summed E-state index contributed by atoms with van der Waals surface area (Å²) in [6, 6.07) is 13.6. The number of amides is 2. The third kappa shape index (κ3) is 5.35. The minimum Gasteiger partial charge on any atom is -0.497 e. The van der Waals surface area contributed by atoms with E-state index in [1.165, 1.54) is 24.8 Å². The van der Waals surface area contributed by atoms with Crippen molar-refractivity contribution >= 4 is 17.0 Å². The number of hydrogen-bond acceptors (Lipinski definition) is 5. The summed E-state index contributed by atoms with van der Waals surface area (Å²) in [5, 5.41) is 8.14. The van der Waals surface area contributed by atoms with Crippen molar-refractivity contribution in [3.05, 3.63) is 64.7 Å². The number of ether oxygens (including phenoxy) is 2. The van der Waals surface area contributed by atoms with Gasteiger partial charge in [0.1, 0.15) is 22.7 Å². The van der Waals surface area contributed by atoms with Crippen LogP contribution in [0.5, 0.6) is 11.5 Å². The molecular formula is C29H35N3O4. The van der Waals surface area contributed by atoms with Gasteiger partial charge >= 0.3 is 6.03 Å². The monoisotopic (exact) mass is 489 g/mol. The number of benzene rings is 2. The zero-order valence-corrected chi connectivity index (χ0v) is 21.2. The van der Waals surface area contributed by atoms with Crippen LogP contribution in [-0.4, -0.2) is 25.3 Å². The molecule has 2 aliphatic rings. The minimum atomic E-state index is -0.370. The van der Waals surface area contributed by atoms with E-state index < -0.39 is 0 Å². The number of carbonyl (C=O) groups is 1. The summed E-state index contributed by atoms with van der Waals surface area (Å²) in [5.41, 5.74) is 7.16. The Balaban J connectivity index is 1.28. The van der Waals surface area contributed by atoms with Crippen molar-refractivity contribution < 1.29 is 18.7 Å². The van der Waals surface area contributed by atoms with Gasteiger partial charge in [-0.1, -0.05) is 25.5 Å². The normalized spacial score (nSPS) is 16.9. The molecule has 2 N–H and O–H groups in total. The quantitative estimate of drug-likeness (QED) is 0.455. The summed E-state index contributed by atoms with van der Waals surface area (Å²) in [6.07, 6.45) is 9.74. The minimum absolute atomic E-state index is 0.0139. The topological polar surface area (TPSA) is 85.1 Å². The van der Waals surface area contributed by atoms with Crippen molar-refractivity contribution in [2.45, 2.75) is 70.3 Å². The fraction of sp³-hybridized carbons (Fsp3) is 0.448. The second kappa shape index (κ2) is 10.6. The maximum atomic E-state index is 12.3. The molecule has 7 heteroatoms. The molecule has 1 fully saturated rings. The molecule has 0 radical (unpaired) electrons. The van der Waals surface area contributed by atoms with Crippen LogP contribution in [0.25, 0.3) is 11.0 Å². The number of rotatable bonds is 6. The van der Waals surface area contributed by atoms with E-state index in [0.717, 1.165) is 65.7 Å². The van der Waals surface area contributed by atoms with E-state index in [4.69, 9.17) is 13.9 Å². The number of methoxy groups -OCH3 is 1. The smallest absolute Gasteiger partial charge is 0.335 e. The van der Waals surface area contributed by atoms with Crippen LogP contribution in [0.4, 0.5) is 4.79 Å². The summed E-state index contributed by atoms with van der Waals surface area (Å²) >= 11 is 0. The molecule has 7 nitrogen and oxygen atoms in total. The largest absolute Gasteiger partial charge is 0.497 e. The lowest BCUT2D eigenvalue weighted by Gasteiger charge is -2.41. The van der Waals surface area contributed by atoms with Crippen molar-refractivity contribution in [1.29, 1.82) is 0 Å². The molecule has 2 amide bonds. The van der Waals surface area contributed by atoms with Crippen molar-refractivity contribution in [3.8, 4) is 11.5 Å². The number of fused-ring (bicyclic) bond motifs is 2. The molecule has 190 valence electrons. The van der Waals surface area contributed by atoms with Gasteiger partial charge in [-0.3, -0.25) is 0 Å². The number of urea groups is 1. The van der Waals surface area contributed by atoms with Gasteiger partial charge in [-0.05, 0) is 86.3 Å². The van der Waals surface area contributed by atoms with Gasteiger partial charge in [0.25, 0.3) is 0 Å². The molecule has 0 bridgehead atoms. The molecule has 1 aliphatic carbocycles. The lowest BCUT2D eigenvalue weighted by Crippen LogP contribution is -2.41. The zero-order chi connectivity index (χ0) is 25.0. The third-order valence-electron chi connectivity index (χ3n) is 7.47. The lowest BCUT2D eigenvalue weighted by atomic mass is 9.79. The van der Waals surface area contributed by atoms with Crippen molar-refractivity contribution in [1.82, 2.24) is 10.7 Å². The van der Waals surface area contributed by atoms with Crippen LogP contribution >= 0.6 is 0 Å². The maximum Gasteiger partial charge on any atom is 0.335 e. The molecule has 1 aliphatic heterocycles. The summed E-state index contributed by atoms with van der Waals surface area (Å²) in [5.74, 6) is 1.75. The predicted octanol–water partition coefficient (Wildman–Crippen LogP) is 5.39. The van der Waals surface area contributed by atoms with E-state index in [1.807, 2.05) is 36.4 Å². The van der Waals surface area contributed by atoms with E-state index >= 15 is 0 Å². The Morgan fingerprint density at radius 3 is 2.64 bits per heavy atom. The van der Waals surface area contributed by atoms with E-state index in [9.17, 15) is 4.79 Å². The molecule has 36 heavy (non-hydrogen) atoms. The van der Waals surface area contributed by atoms with Crippen LogP contribution in [0.2, 0.25) is 0 Å². The highest BCUT2D eigenvalue weighted by Crippen LogP contribution is 2.43. The SMILES string of the molecule is CCc1c/c(=N/NC(=O)NCCc2ccc(OC)cc2)oc2cc3c(cc12)CCC1(CCCCC1)O3. The molecule has 1 spiro atoms. The highest BCUT2D eigenvalue weighted by atomic mass is 16.5. The second-order valence-electron chi connectivity index (χ2n) is 9.84. The zero-order valence-electron chi connectivity index (χ0n) is 21.2. The fourth-order valence-electron chi connectivity index (χ4n) is 5.40. The lowest BCUT2D eigenvalue weighted by molar-refractivity contribution is 0.0109. The molecule has 1 saturated carbocycles. The van der Waals surface area contributed by atoms with Crippen LogP contribution < -0.4 is 25.8 Å². The van der Waals surface area contributed by atoms with Gasteiger partial charge in [0.05, 0.1) is 7.11 Å². The van der Waals surface area contributed by atoms with Gasteiger partial charge in [0.2, 0.25) is 5.55 Å². The van der Waals surface area contributed by atoms with Gasteiger partial charge in [-0.2, -0.15) is 0 Å². The Morgan fingerprint density at radius 2 is 1.89 bits per heavy atom. The highest BCUT2D eigenvalue weighted by molar-refractivity contribution is 5.83. The van der Waals surface area contributed by atoms with E-state index in [0.29, 0.717) is 18.5 Å². The van der Waals surface area contributed by atoms with Crippen LogP contribution in [0.1, 0.15) is 62.1 Å². The summed E-state index contributed by atoms with van der Waals surface area (Å²) in [7, 11) is 1.64. The first kappa shape index (κ1) is 24.2. The number of hydrogen-bond donors (Lipinski definition) is 2. The Hall–Kier alpha value is -3.48. The molecule has 3 aromatic rings. The van der Waals surface area contributed by atoms with Crippen molar-refractivity contribution in [3.63, 3.8) is 0 Å². The van der Waals surface area contributed by atoms with Crippen LogP contribution in [-0.2, 0) is 19.3 Å². The second-order valence-corrected chi connectivity index (χ2v) is 9.84. The third-order valence-corrected chi connectivity index (χ3v) is 7.47. The molecule has 0 saturated heterocycles. The van der Waals surface area contributed by atoms with Gasteiger partial charge in [-0.15, -0.1) is 5.10 Å². The summed E-state index contributed by atoms with van der Waals surface area (Å²) in [6.45, 7) is 2.61. The Bertz CT molecular complexity index is 1290. The Morgan fingerprint density at radius 1 is 1.08 bits per heavy atom. The van der Waals surface area contributed by atoms with Crippen molar-refractivity contribution in [2.75, 3.05) is 13.7 Å². The molecule has 0 unspecified atom stereocenters. The first-order chi connectivity index (χ1) is 17.6. The number of carbonyl (C=O) groups excluding carboxylic acids is 1. The highest BCUT2D eigenvalue weighted by Gasteiger charge is 2.37. The summed E-state index contributed by atoms with van der Waals surface area (Å²) < 4.78 is 17.9. The predicted molar refractivity (Wildman–Crippen MR) is 139 cm³/mol. The van der Waals surface area contributed by atoms with Crippen LogP contribution in [0, 0.1) is 0 Å². The van der Waals surface area contributed by atoms with Crippen LogP contribution in [0.15, 0.2) is 52.0 Å². The molecule has 2 heterocycles. The van der Waals surface area contributed by atoms with Crippen LogP contribution in [0.3, 0.4) is 0 Å². The molecular weight excluding hydrogens is 454 g/mol. The average molecular weight is 490 g/mol. The van der Waals surface area contributed by atoms with Gasteiger partial charge in [0, 0.05) is 24.1 Å². The fourth-order valence-corrected chi connectivity index (χ4v) is 5.40. The number of nitrogens with zero attached hydrogens (tertiary/aromatic N) is 1. The van der Waals surface area contributed by atoms with E-state index in [2.05, 4.69) is 28.8 Å². The molecule has 1 aromatic heterocycles. The maximum absolute atomic E-state index is 12.3. The summed E-state index contributed by atoms with van der Waals surface area (Å²) in [4.78, 5) is 12.3. The average Bonchev–Trinajstić information content (AvgIpc) is 2.91.